The van der Waals surface area contributed by atoms with Crippen molar-refractivity contribution < 1.29 is 22.4 Å². The van der Waals surface area contributed by atoms with Gasteiger partial charge in [0.05, 0.1) is 11.0 Å². The van der Waals surface area contributed by atoms with Crippen LogP contribution in [0.1, 0.15) is 25.6 Å². The molecule has 2 atom stereocenters. The number of aliphatic imine (C=N–C) groups is 1. The topological polar surface area (TPSA) is 146 Å². The molecule has 2 heterocycles. The first-order valence-corrected chi connectivity index (χ1v) is 10.9. The number of hydrogen-bond acceptors (Lipinski definition) is 7. The van der Waals surface area contributed by atoms with Crippen LogP contribution in [0.25, 0.3) is 11.3 Å². The number of rotatable bonds is 4. The smallest absolute Gasteiger partial charge is 0.352 e. The van der Waals surface area contributed by atoms with Crippen molar-refractivity contribution in [2.75, 3.05) is 12.8 Å². The summed E-state index contributed by atoms with van der Waals surface area (Å²) in [5.74, 6) is -0.707. The summed E-state index contributed by atoms with van der Waals surface area (Å²) < 4.78 is 28.9. The number of carbonyl (C=O) groups excluding carboxylic acids is 2. The van der Waals surface area contributed by atoms with Gasteiger partial charge in [0.15, 0.2) is 22.0 Å². The van der Waals surface area contributed by atoms with Crippen LogP contribution in [0.15, 0.2) is 45.0 Å². The molecule has 1 aliphatic heterocycles. The SMILES string of the molecule is CCNC(=O)N1C(=O)N=C(C)C(C#N)C1c1ncoc1-c1ccc(S(C)(=O)=O)cc1. The van der Waals surface area contributed by atoms with Gasteiger partial charge in [0, 0.05) is 24.1 Å². The summed E-state index contributed by atoms with van der Waals surface area (Å²) in [6.45, 7) is 3.50. The standard InChI is InChI=1S/C19H19N5O5S/c1-4-21-18(25)24-16(14(9-20)11(2)23-19(24)26)15-17(29-10-22-15)12-5-7-13(8-6-12)30(3,27)28/h5-8,10,14,16H,4H2,1-3H3,(H,21,25). The van der Waals surface area contributed by atoms with Gasteiger partial charge < -0.3 is 9.73 Å². The van der Waals surface area contributed by atoms with Gasteiger partial charge in [-0.3, -0.25) is 0 Å². The molecule has 0 bridgehead atoms. The molecule has 1 aromatic heterocycles. The first kappa shape index (κ1) is 21.2. The van der Waals surface area contributed by atoms with Crippen molar-refractivity contribution in [3.63, 3.8) is 0 Å². The van der Waals surface area contributed by atoms with Crippen LogP contribution >= 0.6 is 0 Å². The molecule has 0 saturated heterocycles. The summed E-state index contributed by atoms with van der Waals surface area (Å²) in [5.41, 5.74) is 0.937. The molecule has 0 radical (unpaired) electrons. The zero-order valence-electron chi connectivity index (χ0n) is 16.5. The third-order valence-electron chi connectivity index (χ3n) is 4.63. The zero-order valence-corrected chi connectivity index (χ0v) is 17.3. The number of oxazole rings is 1. The van der Waals surface area contributed by atoms with Crippen molar-refractivity contribution in [3.8, 4) is 17.4 Å². The van der Waals surface area contributed by atoms with Gasteiger partial charge in [-0.2, -0.15) is 5.26 Å². The van der Waals surface area contributed by atoms with E-state index in [4.69, 9.17) is 4.42 Å². The Kier molecular flexibility index (Phi) is 5.71. The van der Waals surface area contributed by atoms with E-state index in [9.17, 15) is 23.3 Å². The predicted molar refractivity (Wildman–Crippen MR) is 106 cm³/mol. The molecule has 2 unspecified atom stereocenters. The van der Waals surface area contributed by atoms with Crippen molar-refractivity contribution in [1.29, 1.82) is 5.26 Å². The van der Waals surface area contributed by atoms with Crippen LogP contribution in [0.5, 0.6) is 0 Å². The van der Waals surface area contributed by atoms with E-state index in [-0.39, 0.29) is 28.6 Å². The van der Waals surface area contributed by atoms with Crippen LogP contribution in [-0.4, -0.2) is 48.9 Å². The Balaban J connectivity index is 2.12. The van der Waals surface area contributed by atoms with Crippen molar-refractivity contribution in [1.82, 2.24) is 15.2 Å². The van der Waals surface area contributed by atoms with E-state index in [1.165, 1.54) is 31.2 Å². The Morgan fingerprint density at radius 1 is 1.33 bits per heavy atom. The third kappa shape index (κ3) is 3.81. The molecule has 0 spiro atoms. The highest BCUT2D eigenvalue weighted by molar-refractivity contribution is 7.90. The Labute approximate surface area is 173 Å². The van der Waals surface area contributed by atoms with Gasteiger partial charge >= 0.3 is 12.1 Å². The number of carbonyl (C=O) groups is 2. The Morgan fingerprint density at radius 2 is 2.00 bits per heavy atom. The molecule has 10 nitrogen and oxygen atoms in total. The second kappa shape index (κ2) is 8.08. The molecule has 30 heavy (non-hydrogen) atoms. The van der Waals surface area contributed by atoms with Crippen LogP contribution in [0.2, 0.25) is 0 Å². The largest absolute Gasteiger partial charge is 0.443 e. The van der Waals surface area contributed by atoms with Gasteiger partial charge in [-0.25, -0.2) is 32.9 Å². The molecule has 0 aliphatic carbocycles. The fraction of sp³-hybridized carbons (Fsp3) is 0.316. The molecule has 0 fully saturated rings. The average Bonchev–Trinajstić information content (AvgIpc) is 3.16. The summed E-state index contributed by atoms with van der Waals surface area (Å²) >= 11 is 0. The Bertz CT molecular complexity index is 1160. The maximum absolute atomic E-state index is 12.6. The molecule has 11 heteroatoms. The lowest BCUT2D eigenvalue weighted by Gasteiger charge is -2.34. The number of nitriles is 1. The summed E-state index contributed by atoms with van der Waals surface area (Å²) in [7, 11) is -3.38. The van der Waals surface area contributed by atoms with Crippen molar-refractivity contribution in [2.45, 2.75) is 24.8 Å². The quantitative estimate of drug-likeness (QED) is 0.786. The molecule has 1 aromatic carbocycles. The predicted octanol–water partition coefficient (Wildman–Crippen LogP) is 2.55. The second-order valence-corrected chi connectivity index (χ2v) is 8.67. The second-order valence-electron chi connectivity index (χ2n) is 6.66. The number of urea groups is 2. The van der Waals surface area contributed by atoms with Gasteiger partial charge in [0.2, 0.25) is 0 Å². The molecular weight excluding hydrogens is 410 g/mol. The minimum Gasteiger partial charge on any atom is -0.443 e. The Morgan fingerprint density at radius 3 is 2.57 bits per heavy atom. The van der Waals surface area contributed by atoms with Gasteiger partial charge in [-0.15, -0.1) is 0 Å². The van der Waals surface area contributed by atoms with Gasteiger partial charge in [-0.05, 0) is 38.1 Å². The van der Waals surface area contributed by atoms with Crippen LogP contribution in [0.4, 0.5) is 9.59 Å². The first-order valence-electron chi connectivity index (χ1n) is 8.98. The Hall–Kier alpha value is -3.52. The van der Waals surface area contributed by atoms with E-state index in [0.717, 1.165) is 17.5 Å². The zero-order chi connectivity index (χ0) is 22.1. The lowest BCUT2D eigenvalue weighted by atomic mass is 9.89. The normalized spacial score (nSPS) is 19.2. The summed E-state index contributed by atoms with van der Waals surface area (Å²) in [5, 5.41) is 12.3. The number of nitrogens with one attached hydrogen (secondary N) is 1. The lowest BCUT2D eigenvalue weighted by Crippen LogP contribution is -2.50. The van der Waals surface area contributed by atoms with E-state index < -0.39 is 33.9 Å². The number of hydrogen-bond donors (Lipinski definition) is 1. The highest BCUT2D eigenvalue weighted by atomic mass is 32.2. The molecule has 3 rings (SSSR count). The molecule has 0 saturated carbocycles. The minimum atomic E-state index is -3.38. The third-order valence-corrected chi connectivity index (χ3v) is 5.76. The van der Waals surface area contributed by atoms with E-state index in [1.807, 2.05) is 0 Å². The minimum absolute atomic E-state index is 0.127. The number of aromatic nitrogens is 1. The molecule has 156 valence electrons. The number of benzene rings is 1. The molecule has 1 N–H and O–H groups in total. The number of imide groups is 1. The van der Waals surface area contributed by atoms with E-state index in [2.05, 4.69) is 21.4 Å². The number of nitrogens with zero attached hydrogens (tertiary/aromatic N) is 4. The molecule has 4 amide bonds. The molecule has 2 aromatic rings. The van der Waals surface area contributed by atoms with E-state index in [1.54, 1.807) is 6.92 Å². The maximum Gasteiger partial charge on any atom is 0.352 e. The van der Waals surface area contributed by atoms with Crippen LogP contribution in [0, 0.1) is 17.2 Å². The van der Waals surface area contributed by atoms with Crippen molar-refractivity contribution >= 4 is 27.6 Å². The van der Waals surface area contributed by atoms with Gasteiger partial charge in [0.25, 0.3) is 0 Å². The lowest BCUT2D eigenvalue weighted by molar-refractivity contribution is 0.166. The summed E-state index contributed by atoms with van der Waals surface area (Å²) in [4.78, 5) is 34.1. The maximum atomic E-state index is 12.6. The highest BCUT2D eigenvalue weighted by Gasteiger charge is 2.44. The molecule has 1 aliphatic rings. The van der Waals surface area contributed by atoms with Crippen LogP contribution in [0.3, 0.4) is 0 Å². The molecular formula is C19H19N5O5S. The van der Waals surface area contributed by atoms with Crippen molar-refractivity contribution in [2.24, 2.45) is 10.9 Å². The van der Waals surface area contributed by atoms with Crippen LogP contribution < -0.4 is 5.32 Å². The van der Waals surface area contributed by atoms with Gasteiger partial charge in [-0.1, -0.05) is 0 Å². The van der Waals surface area contributed by atoms with E-state index in [0.29, 0.717) is 5.56 Å². The number of amides is 4. The monoisotopic (exact) mass is 429 g/mol. The van der Waals surface area contributed by atoms with Gasteiger partial charge in [0.1, 0.15) is 17.7 Å². The van der Waals surface area contributed by atoms with E-state index >= 15 is 0 Å². The average molecular weight is 429 g/mol. The first-order chi connectivity index (χ1) is 14.2. The highest BCUT2D eigenvalue weighted by Crippen LogP contribution is 2.38. The summed E-state index contributed by atoms with van der Waals surface area (Å²) in [6.07, 6.45) is 2.24. The van der Waals surface area contributed by atoms with Crippen molar-refractivity contribution in [3.05, 3.63) is 36.4 Å². The van der Waals surface area contributed by atoms with Crippen LogP contribution in [-0.2, 0) is 9.84 Å². The fourth-order valence-electron chi connectivity index (χ4n) is 3.20. The summed E-state index contributed by atoms with van der Waals surface area (Å²) in [6, 6.07) is 5.40. The number of sulfone groups is 1. The fourth-order valence-corrected chi connectivity index (χ4v) is 3.83.